The Morgan fingerprint density at radius 2 is 2.00 bits per heavy atom. The van der Waals surface area contributed by atoms with Gasteiger partial charge < -0.3 is 21.1 Å². The summed E-state index contributed by atoms with van der Waals surface area (Å²) < 4.78 is 0. The Kier molecular flexibility index (Phi) is 4.26. The molecule has 0 spiro atoms. The van der Waals surface area contributed by atoms with Crippen LogP contribution in [0.2, 0.25) is 0 Å². The van der Waals surface area contributed by atoms with Crippen molar-refractivity contribution in [1.82, 2.24) is 0 Å². The molecule has 0 aliphatic carbocycles. The minimum absolute atomic E-state index is 0.0327. The van der Waals surface area contributed by atoms with E-state index in [0.717, 1.165) is 0 Å². The fourth-order valence-corrected chi connectivity index (χ4v) is 1.53. The van der Waals surface area contributed by atoms with Gasteiger partial charge in [-0.05, 0) is 29.9 Å². The Morgan fingerprint density at radius 1 is 1.33 bits per heavy atom. The minimum atomic E-state index is -1.000. The van der Waals surface area contributed by atoms with Gasteiger partial charge in [-0.2, -0.15) is 12.6 Å². The number of phenols is 1. The summed E-state index contributed by atoms with van der Waals surface area (Å²) in [7, 11) is 0. The average molecular weight is 229 g/mol. The van der Waals surface area contributed by atoms with Gasteiger partial charge in [0.2, 0.25) is 0 Å². The Bertz CT molecular complexity index is 332. The molecule has 0 radical (unpaired) electrons. The molecule has 5 N–H and O–H groups in total. The highest BCUT2D eigenvalue weighted by Gasteiger charge is 2.18. The molecule has 4 nitrogen and oxygen atoms in total. The Morgan fingerprint density at radius 3 is 2.53 bits per heavy atom. The molecule has 5 heteroatoms. The Balaban J connectivity index is 2.81. The van der Waals surface area contributed by atoms with Crippen LogP contribution in [0.25, 0.3) is 0 Å². The summed E-state index contributed by atoms with van der Waals surface area (Å²) in [5.41, 5.74) is 6.15. The van der Waals surface area contributed by atoms with Crippen molar-refractivity contribution in [2.45, 2.75) is 18.6 Å². The molecule has 15 heavy (non-hydrogen) atoms. The van der Waals surface area contributed by atoms with Crippen molar-refractivity contribution in [3.05, 3.63) is 23.8 Å². The topological polar surface area (TPSA) is 86.7 Å². The van der Waals surface area contributed by atoms with E-state index in [1.165, 1.54) is 18.2 Å². The summed E-state index contributed by atoms with van der Waals surface area (Å²) in [5, 5.41) is 28.4. The molecular weight excluding hydrogens is 214 g/mol. The van der Waals surface area contributed by atoms with Crippen molar-refractivity contribution in [3.8, 4) is 5.75 Å². The fourth-order valence-electron chi connectivity index (χ4n) is 1.27. The summed E-state index contributed by atoms with van der Waals surface area (Å²) in [6.45, 7) is 0. The van der Waals surface area contributed by atoms with E-state index in [9.17, 15) is 15.3 Å². The predicted octanol–water partition coefficient (Wildman–Crippen LogP) is 0.689. The lowest BCUT2D eigenvalue weighted by molar-refractivity contribution is 0.0172. The number of nitrogen functional groups attached to an aromatic ring is 1. The molecule has 84 valence electrons. The maximum Gasteiger partial charge on any atom is 0.138 e. The van der Waals surface area contributed by atoms with Crippen molar-refractivity contribution in [1.29, 1.82) is 0 Å². The molecule has 2 unspecified atom stereocenters. The van der Waals surface area contributed by atoms with E-state index in [4.69, 9.17) is 5.73 Å². The van der Waals surface area contributed by atoms with Gasteiger partial charge in [0, 0.05) is 0 Å². The smallest absolute Gasteiger partial charge is 0.138 e. The number of nitrogens with two attached hydrogens (primary N) is 1. The molecule has 0 saturated heterocycles. The monoisotopic (exact) mass is 229 g/mol. The summed E-state index contributed by atoms with van der Waals surface area (Å²) in [6, 6.07) is 4.36. The maximum absolute atomic E-state index is 9.71. The lowest BCUT2D eigenvalue weighted by atomic mass is 10.0. The normalized spacial score (nSPS) is 14.9. The molecule has 0 heterocycles. The first-order chi connectivity index (χ1) is 7.06. The van der Waals surface area contributed by atoms with Gasteiger partial charge in [-0.1, -0.05) is 6.07 Å². The molecule has 1 aromatic carbocycles. The number of thiol groups is 1. The van der Waals surface area contributed by atoms with Gasteiger partial charge in [-0.25, -0.2) is 0 Å². The minimum Gasteiger partial charge on any atom is -0.506 e. The van der Waals surface area contributed by atoms with E-state index in [1.807, 2.05) is 0 Å². The first-order valence-corrected chi connectivity index (χ1v) is 5.25. The number of phenolic OH excluding ortho intramolecular Hbond substituents is 1. The molecule has 0 aliphatic rings. The zero-order valence-corrected chi connectivity index (χ0v) is 9.06. The second-order valence-corrected chi connectivity index (χ2v) is 3.79. The molecule has 0 amide bonds. The van der Waals surface area contributed by atoms with E-state index in [0.29, 0.717) is 17.7 Å². The first kappa shape index (κ1) is 12.2. The van der Waals surface area contributed by atoms with Crippen LogP contribution in [0.3, 0.4) is 0 Å². The van der Waals surface area contributed by atoms with Crippen molar-refractivity contribution < 1.29 is 15.3 Å². The largest absolute Gasteiger partial charge is 0.506 e. The van der Waals surface area contributed by atoms with Gasteiger partial charge in [0.1, 0.15) is 11.9 Å². The summed E-state index contributed by atoms with van der Waals surface area (Å²) in [6.07, 6.45) is -1.48. The van der Waals surface area contributed by atoms with E-state index in [2.05, 4.69) is 12.6 Å². The van der Waals surface area contributed by atoms with Gasteiger partial charge in [0.25, 0.3) is 0 Å². The van der Waals surface area contributed by atoms with E-state index >= 15 is 0 Å². The molecule has 0 aromatic heterocycles. The van der Waals surface area contributed by atoms with Crippen molar-refractivity contribution in [2.75, 3.05) is 11.5 Å². The van der Waals surface area contributed by atoms with Crippen LogP contribution in [0, 0.1) is 0 Å². The average Bonchev–Trinajstić information content (AvgIpc) is 2.21. The number of benzene rings is 1. The quantitative estimate of drug-likeness (QED) is 0.299. The number of rotatable bonds is 4. The molecule has 1 aromatic rings. The van der Waals surface area contributed by atoms with Crippen LogP contribution < -0.4 is 5.73 Å². The zero-order chi connectivity index (χ0) is 11.4. The van der Waals surface area contributed by atoms with Crippen molar-refractivity contribution in [2.24, 2.45) is 0 Å². The Labute approximate surface area is 93.8 Å². The molecule has 0 bridgehead atoms. The van der Waals surface area contributed by atoms with Crippen LogP contribution in [-0.2, 0) is 0 Å². The standard InChI is InChI=1S/C10H15NO3S/c11-7-5-6(1-2-8(7)12)10(14)9(13)3-4-15/h1-2,5,9-10,12-15H,3-4,11H2. The Hall–Kier alpha value is -0.910. The lowest BCUT2D eigenvalue weighted by Gasteiger charge is -2.17. The number of anilines is 1. The summed E-state index contributed by atoms with van der Waals surface area (Å²) in [4.78, 5) is 0. The highest BCUT2D eigenvalue weighted by Crippen LogP contribution is 2.26. The predicted molar refractivity (Wildman–Crippen MR) is 62.0 cm³/mol. The van der Waals surface area contributed by atoms with Crippen LogP contribution in [0.5, 0.6) is 5.75 Å². The van der Waals surface area contributed by atoms with E-state index < -0.39 is 12.2 Å². The van der Waals surface area contributed by atoms with Crippen LogP contribution >= 0.6 is 12.6 Å². The molecule has 2 atom stereocenters. The lowest BCUT2D eigenvalue weighted by Crippen LogP contribution is -2.18. The number of aliphatic hydroxyl groups excluding tert-OH is 2. The second kappa shape index (κ2) is 5.25. The molecule has 1 rings (SSSR count). The van der Waals surface area contributed by atoms with Gasteiger partial charge in [0.15, 0.2) is 0 Å². The molecule has 0 fully saturated rings. The molecule has 0 saturated carbocycles. The highest BCUT2D eigenvalue weighted by atomic mass is 32.1. The third-order valence-electron chi connectivity index (χ3n) is 2.18. The molecular formula is C10H15NO3S. The fraction of sp³-hybridized carbons (Fsp3) is 0.400. The third kappa shape index (κ3) is 3.02. The van der Waals surface area contributed by atoms with Crippen LogP contribution in [0.15, 0.2) is 18.2 Å². The molecule has 0 aliphatic heterocycles. The number of hydrogen-bond donors (Lipinski definition) is 5. The summed E-state index contributed by atoms with van der Waals surface area (Å²) in [5.74, 6) is 0.459. The maximum atomic E-state index is 9.71. The first-order valence-electron chi connectivity index (χ1n) is 4.61. The van der Waals surface area contributed by atoms with Crippen LogP contribution in [-0.4, -0.2) is 27.2 Å². The van der Waals surface area contributed by atoms with Crippen LogP contribution in [0.1, 0.15) is 18.1 Å². The number of aromatic hydroxyl groups is 1. The van der Waals surface area contributed by atoms with Crippen molar-refractivity contribution in [3.63, 3.8) is 0 Å². The van der Waals surface area contributed by atoms with Crippen LogP contribution in [0.4, 0.5) is 5.69 Å². The van der Waals surface area contributed by atoms with Gasteiger partial charge in [0.05, 0.1) is 11.8 Å². The third-order valence-corrected chi connectivity index (χ3v) is 2.44. The number of aliphatic hydroxyl groups is 2. The highest BCUT2D eigenvalue weighted by molar-refractivity contribution is 7.80. The van der Waals surface area contributed by atoms with Gasteiger partial charge >= 0.3 is 0 Å². The zero-order valence-electron chi connectivity index (χ0n) is 8.17. The summed E-state index contributed by atoms with van der Waals surface area (Å²) >= 11 is 3.97. The van der Waals surface area contributed by atoms with Crippen molar-refractivity contribution >= 4 is 18.3 Å². The second-order valence-electron chi connectivity index (χ2n) is 3.34. The SMILES string of the molecule is Nc1cc(C(O)C(O)CCS)ccc1O. The van der Waals surface area contributed by atoms with E-state index in [-0.39, 0.29) is 11.4 Å². The van der Waals surface area contributed by atoms with Gasteiger partial charge in [-0.15, -0.1) is 0 Å². The van der Waals surface area contributed by atoms with E-state index in [1.54, 1.807) is 0 Å². The van der Waals surface area contributed by atoms with Gasteiger partial charge in [-0.3, -0.25) is 0 Å². The number of hydrogen-bond acceptors (Lipinski definition) is 5.